The second-order valence-corrected chi connectivity index (χ2v) is 29.9. The predicted octanol–water partition coefficient (Wildman–Crippen LogP) is 7.29. The van der Waals surface area contributed by atoms with Crippen molar-refractivity contribution < 1.29 is 19.1 Å². The quantitative estimate of drug-likeness (QED) is 0.152. The molecule has 0 heterocycles. The third-order valence-corrected chi connectivity index (χ3v) is 30.2. The molecule has 0 aliphatic rings. The fourth-order valence-corrected chi connectivity index (χ4v) is 28.6. The number of hydrogen-bond acceptors (Lipinski definition) is 4. The van der Waals surface area contributed by atoms with Crippen LogP contribution in [0.1, 0.15) is 80.1 Å². The Morgan fingerprint density at radius 2 is 1.39 bits per heavy atom. The zero-order chi connectivity index (χ0) is 25.7. The topological polar surface area (TPSA) is 64.6 Å². The van der Waals surface area contributed by atoms with E-state index >= 15 is 0 Å². The van der Waals surface area contributed by atoms with E-state index in [1.165, 1.54) is 43.3 Å². The van der Waals surface area contributed by atoms with Crippen LogP contribution in [-0.4, -0.2) is 64.8 Å². The molecule has 0 rings (SSSR count). The molecule has 5 nitrogen and oxygen atoms in total. The number of ether oxygens (including phenoxy) is 2. The summed E-state index contributed by atoms with van der Waals surface area (Å²) in [6.45, 7) is 18.4. The number of ketones is 1. The summed E-state index contributed by atoms with van der Waals surface area (Å²) in [4.78, 5) is 25.7. The summed E-state index contributed by atoms with van der Waals surface area (Å²) in [5.41, 5.74) is -0.105. The summed E-state index contributed by atoms with van der Waals surface area (Å²) >= 11 is -3.06. The number of methoxy groups -OCH3 is 2. The summed E-state index contributed by atoms with van der Waals surface area (Å²) in [5.74, 6) is 0.0217. The zero-order valence-corrected chi connectivity index (χ0v) is 27.2. The van der Waals surface area contributed by atoms with Crippen LogP contribution < -0.4 is 5.32 Å². The first kappa shape index (κ1) is 32.7. The molecule has 0 spiro atoms. The van der Waals surface area contributed by atoms with Gasteiger partial charge in [0.15, 0.2) is 0 Å². The van der Waals surface area contributed by atoms with Gasteiger partial charge in [-0.1, -0.05) is 0 Å². The molecule has 194 valence electrons. The predicted molar refractivity (Wildman–Crippen MR) is 146 cm³/mol. The summed E-state index contributed by atoms with van der Waals surface area (Å²) in [6.07, 6.45) is 8.60. The fourth-order valence-electron chi connectivity index (χ4n) is 4.51. The molecule has 7 heteroatoms. The Bertz CT molecular complexity index is 606. The molecule has 0 aliphatic heterocycles. The van der Waals surface area contributed by atoms with Crippen LogP contribution in [0.3, 0.4) is 0 Å². The fraction of sp³-hybridized carbons (Fsp3) is 0.846. The molecule has 33 heavy (non-hydrogen) atoms. The number of unbranched alkanes of at least 4 members (excludes halogenated alkanes) is 3. The Hall–Kier alpha value is -0.344. The molecule has 0 aliphatic carbocycles. The molecule has 0 aromatic rings. The first-order valence-corrected chi connectivity index (χ1v) is 23.5. The van der Waals surface area contributed by atoms with Crippen molar-refractivity contribution in [3.8, 4) is 0 Å². The van der Waals surface area contributed by atoms with E-state index in [1.807, 2.05) is 6.08 Å². The van der Waals surface area contributed by atoms with Gasteiger partial charge in [0.25, 0.3) is 0 Å². The number of carbonyl (C=O) groups excluding carboxylic acids is 2. The first-order valence-electron chi connectivity index (χ1n) is 12.9. The molecule has 1 atom stereocenters. The number of nitrogens with one attached hydrogen (secondary N) is 1. The Kier molecular flexibility index (Phi) is 15.4. The van der Waals surface area contributed by atoms with E-state index in [4.69, 9.17) is 9.47 Å². The van der Waals surface area contributed by atoms with Gasteiger partial charge in [0.2, 0.25) is 0 Å². The van der Waals surface area contributed by atoms with E-state index in [2.05, 4.69) is 60.0 Å². The molecule has 1 N–H and O–H groups in total. The summed E-state index contributed by atoms with van der Waals surface area (Å²) in [5, 5.41) is 3.33. The normalized spacial score (nSPS) is 14.2. The molecule has 0 radical (unpaired) electrons. The third kappa shape index (κ3) is 10.0. The van der Waals surface area contributed by atoms with Crippen molar-refractivity contribution in [1.29, 1.82) is 0 Å². The van der Waals surface area contributed by atoms with Crippen molar-refractivity contribution in [2.45, 2.75) is 117 Å². The van der Waals surface area contributed by atoms with Crippen molar-refractivity contribution in [3.63, 3.8) is 0 Å². The van der Waals surface area contributed by atoms with E-state index < -0.39 is 32.5 Å². The summed E-state index contributed by atoms with van der Waals surface area (Å²) in [7, 11) is 0.890. The second kappa shape index (κ2) is 15.6. The van der Waals surface area contributed by atoms with Crippen molar-refractivity contribution in [2.75, 3.05) is 20.8 Å². The molecule has 0 aromatic heterocycles. The van der Waals surface area contributed by atoms with Crippen LogP contribution in [-0.2, 0) is 14.3 Å². The molecule has 0 saturated heterocycles. The molecule has 0 aromatic carbocycles. The van der Waals surface area contributed by atoms with Crippen LogP contribution in [0.25, 0.3) is 0 Å². The van der Waals surface area contributed by atoms with E-state index in [0.29, 0.717) is 0 Å². The second-order valence-electron chi connectivity index (χ2n) is 11.1. The van der Waals surface area contributed by atoms with E-state index in [-0.39, 0.29) is 23.1 Å². The average Bonchev–Trinajstić information content (AvgIpc) is 2.75. The van der Waals surface area contributed by atoms with Crippen molar-refractivity contribution in [3.05, 3.63) is 9.67 Å². The number of rotatable bonds is 16. The van der Waals surface area contributed by atoms with Crippen LogP contribution in [0, 0.1) is 0 Å². The summed E-state index contributed by atoms with van der Waals surface area (Å²) in [6, 6.07) is 0. The molecule has 0 fully saturated rings. The standard InChI is InChI=1S/C14H26NO4Si.3C4H9.Sn/c1-14(2,3)20(6,7)12(15-13(17)19-5)9-8-11(16)10-18-4;3*1-3-4-2;/h8,12H,10H2,1-7H3,(H,15,17);3*1,3-4H2,2H3;/t12-;;;;/m0..../s1. The number of hydrogen-bond donors (Lipinski definition) is 1. The van der Waals surface area contributed by atoms with Crippen LogP contribution in [0.15, 0.2) is 9.67 Å². The van der Waals surface area contributed by atoms with Gasteiger partial charge in [-0.2, -0.15) is 0 Å². The van der Waals surface area contributed by atoms with Crippen LogP contribution in [0.5, 0.6) is 0 Å². The van der Waals surface area contributed by atoms with Gasteiger partial charge in [-0.25, -0.2) is 0 Å². The number of carbonyl (C=O) groups is 2. The van der Waals surface area contributed by atoms with Gasteiger partial charge in [0, 0.05) is 0 Å². The SMILES string of the molecule is CCC[CH2][Sn]([CH2]CCC)([CH2]CCC)/[C](=C/C(=O)COC)[C@@H](NC(=O)OC)[Si](C)(C)C(C)(C)C. The van der Waals surface area contributed by atoms with Crippen molar-refractivity contribution in [2.24, 2.45) is 0 Å². The number of alkyl carbamates (subject to hydrolysis) is 1. The Morgan fingerprint density at radius 3 is 1.73 bits per heavy atom. The van der Waals surface area contributed by atoms with Gasteiger partial charge in [0.05, 0.1) is 0 Å². The van der Waals surface area contributed by atoms with E-state index in [1.54, 1.807) is 7.11 Å². The Labute approximate surface area is 209 Å². The third-order valence-electron chi connectivity index (χ3n) is 7.66. The molecule has 0 unspecified atom stereocenters. The van der Waals surface area contributed by atoms with Crippen molar-refractivity contribution >= 4 is 38.3 Å². The number of amides is 1. The maximum atomic E-state index is 13.1. The van der Waals surface area contributed by atoms with Gasteiger partial charge in [-0.3, -0.25) is 0 Å². The minimum absolute atomic E-state index is 0.0217. The molecular weight excluding hydrogens is 537 g/mol. The minimum atomic E-state index is -3.06. The van der Waals surface area contributed by atoms with Gasteiger partial charge in [0.1, 0.15) is 0 Å². The average molecular weight is 591 g/mol. The van der Waals surface area contributed by atoms with Crippen LogP contribution in [0.2, 0.25) is 31.4 Å². The van der Waals surface area contributed by atoms with Crippen LogP contribution in [0.4, 0.5) is 4.79 Å². The van der Waals surface area contributed by atoms with Crippen LogP contribution >= 0.6 is 0 Å². The monoisotopic (exact) mass is 591 g/mol. The van der Waals surface area contributed by atoms with Crippen molar-refractivity contribution in [1.82, 2.24) is 5.32 Å². The van der Waals surface area contributed by atoms with E-state index in [9.17, 15) is 9.59 Å². The summed E-state index contributed by atoms with van der Waals surface area (Å²) < 4.78 is 15.4. The van der Waals surface area contributed by atoms with Gasteiger partial charge >= 0.3 is 210 Å². The van der Waals surface area contributed by atoms with Gasteiger partial charge < -0.3 is 0 Å². The Balaban J connectivity index is 7.11. The molecular formula is C26H53NO4SiSn. The molecule has 0 saturated carbocycles. The van der Waals surface area contributed by atoms with Gasteiger partial charge in [-0.15, -0.1) is 0 Å². The van der Waals surface area contributed by atoms with E-state index in [0.717, 1.165) is 19.3 Å². The zero-order valence-electron chi connectivity index (χ0n) is 23.4. The van der Waals surface area contributed by atoms with Gasteiger partial charge in [-0.05, 0) is 0 Å². The molecule has 0 bridgehead atoms. The first-order chi connectivity index (χ1) is 15.4. The Morgan fingerprint density at radius 1 is 0.939 bits per heavy atom. The molecule has 1 amide bonds. The maximum absolute atomic E-state index is 13.1.